The predicted molar refractivity (Wildman–Crippen MR) is 73.9 cm³/mol. The number of aromatic nitrogens is 1. The Balaban J connectivity index is 2.05. The molecule has 1 aliphatic rings. The van der Waals surface area contributed by atoms with Crippen molar-refractivity contribution < 1.29 is 0 Å². The van der Waals surface area contributed by atoms with Crippen molar-refractivity contribution in [2.45, 2.75) is 32.2 Å². The van der Waals surface area contributed by atoms with Crippen LogP contribution in [0.4, 0.5) is 0 Å². The Bertz CT molecular complexity index is 561. The lowest BCUT2D eigenvalue weighted by Crippen LogP contribution is -2.37. The van der Waals surface area contributed by atoms with Gasteiger partial charge in [-0.05, 0) is 43.4 Å². The van der Waals surface area contributed by atoms with Crippen molar-refractivity contribution in [1.82, 2.24) is 10.4 Å². The molecule has 1 saturated carbocycles. The summed E-state index contributed by atoms with van der Waals surface area (Å²) < 4.78 is 0. The van der Waals surface area contributed by atoms with Crippen LogP contribution in [0.2, 0.25) is 0 Å². The van der Waals surface area contributed by atoms with E-state index in [-0.39, 0.29) is 6.04 Å². The SMILES string of the molecule is Cc1cc(C(NN)C2CCC2)nc2ccccc12. The summed E-state index contributed by atoms with van der Waals surface area (Å²) in [7, 11) is 0. The maximum Gasteiger partial charge on any atom is 0.0708 e. The van der Waals surface area contributed by atoms with Crippen LogP contribution in [-0.2, 0) is 0 Å². The molecule has 1 fully saturated rings. The van der Waals surface area contributed by atoms with Gasteiger partial charge in [-0.2, -0.15) is 0 Å². The molecular formula is C15H19N3. The molecule has 94 valence electrons. The maximum absolute atomic E-state index is 5.72. The van der Waals surface area contributed by atoms with Crippen molar-refractivity contribution in [3.63, 3.8) is 0 Å². The second kappa shape index (κ2) is 4.67. The summed E-state index contributed by atoms with van der Waals surface area (Å²) >= 11 is 0. The number of rotatable bonds is 3. The number of pyridine rings is 1. The van der Waals surface area contributed by atoms with Gasteiger partial charge in [0.05, 0.1) is 17.3 Å². The minimum Gasteiger partial charge on any atom is -0.271 e. The number of nitrogens with zero attached hydrogens (tertiary/aromatic N) is 1. The van der Waals surface area contributed by atoms with Gasteiger partial charge in [-0.25, -0.2) is 0 Å². The highest BCUT2D eigenvalue weighted by Crippen LogP contribution is 2.37. The quantitative estimate of drug-likeness (QED) is 0.641. The average Bonchev–Trinajstić information content (AvgIpc) is 2.33. The minimum atomic E-state index is 0.196. The Kier molecular flexibility index (Phi) is 3.02. The molecule has 1 unspecified atom stereocenters. The van der Waals surface area contributed by atoms with Gasteiger partial charge >= 0.3 is 0 Å². The Morgan fingerprint density at radius 3 is 2.78 bits per heavy atom. The van der Waals surface area contributed by atoms with Crippen LogP contribution in [0.25, 0.3) is 10.9 Å². The summed E-state index contributed by atoms with van der Waals surface area (Å²) in [6, 6.07) is 10.6. The lowest BCUT2D eigenvalue weighted by atomic mass is 9.78. The molecule has 3 rings (SSSR count). The molecule has 0 saturated heterocycles. The van der Waals surface area contributed by atoms with Gasteiger partial charge in [-0.15, -0.1) is 0 Å². The van der Waals surface area contributed by atoms with Crippen LogP contribution in [0.15, 0.2) is 30.3 Å². The third kappa shape index (κ3) is 1.89. The molecule has 0 bridgehead atoms. The summed E-state index contributed by atoms with van der Waals surface area (Å²) in [6.45, 7) is 2.14. The number of hydrazine groups is 1. The van der Waals surface area contributed by atoms with E-state index >= 15 is 0 Å². The number of nitrogens with two attached hydrogens (primary N) is 1. The minimum absolute atomic E-state index is 0.196. The van der Waals surface area contributed by atoms with Crippen molar-refractivity contribution in [3.05, 3.63) is 41.6 Å². The summed E-state index contributed by atoms with van der Waals surface area (Å²) in [4.78, 5) is 4.77. The summed E-state index contributed by atoms with van der Waals surface area (Å²) in [5, 5.41) is 1.23. The third-order valence-electron chi connectivity index (χ3n) is 4.06. The van der Waals surface area contributed by atoms with Crippen LogP contribution in [0, 0.1) is 12.8 Å². The van der Waals surface area contributed by atoms with Gasteiger partial charge in [0.1, 0.15) is 0 Å². The van der Waals surface area contributed by atoms with Gasteiger partial charge in [0.2, 0.25) is 0 Å². The molecule has 0 aliphatic heterocycles. The van der Waals surface area contributed by atoms with Crippen LogP contribution in [0.1, 0.15) is 36.6 Å². The number of fused-ring (bicyclic) bond motifs is 1. The molecule has 1 heterocycles. The average molecular weight is 241 g/mol. The number of aryl methyl sites for hydroxylation is 1. The number of hydrogen-bond donors (Lipinski definition) is 2. The maximum atomic E-state index is 5.72. The first-order valence-electron chi connectivity index (χ1n) is 6.62. The molecule has 1 aliphatic carbocycles. The van der Waals surface area contributed by atoms with Crippen molar-refractivity contribution in [2.24, 2.45) is 11.8 Å². The number of benzene rings is 1. The standard InChI is InChI=1S/C15H19N3/c1-10-9-14(15(18-16)11-5-4-6-11)17-13-8-3-2-7-12(10)13/h2-3,7-9,11,15,18H,4-6,16H2,1H3. The number of nitrogens with one attached hydrogen (secondary N) is 1. The molecule has 3 N–H and O–H groups in total. The summed E-state index contributed by atoms with van der Waals surface area (Å²) in [5.41, 5.74) is 6.37. The third-order valence-corrected chi connectivity index (χ3v) is 4.06. The highest BCUT2D eigenvalue weighted by atomic mass is 15.2. The first-order valence-corrected chi connectivity index (χ1v) is 6.62. The zero-order valence-corrected chi connectivity index (χ0v) is 10.7. The van der Waals surface area contributed by atoms with E-state index in [9.17, 15) is 0 Å². The zero-order valence-electron chi connectivity index (χ0n) is 10.7. The van der Waals surface area contributed by atoms with Gasteiger partial charge in [0.25, 0.3) is 0 Å². The van der Waals surface area contributed by atoms with Crippen LogP contribution in [0.5, 0.6) is 0 Å². The molecule has 3 heteroatoms. The molecule has 1 aromatic carbocycles. The molecule has 0 spiro atoms. The van der Waals surface area contributed by atoms with Crippen LogP contribution in [-0.4, -0.2) is 4.98 Å². The van der Waals surface area contributed by atoms with E-state index in [1.54, 1.807) is 0 Å². The van der Waals surface area contributed by atoms with Crippen molar-refractivity contribution >= 4 is 10.9 Å². The molecule has 1 aromatic heterocycles. The fourth-order valence-corrected chi connectivity index (χ4v) is 2.77. The van der Waals surface area contributed by atoms with E-state index < -0.39 is 0 Å². The molecule has 18 heavy (non-hydrogen) atoms. The van der Waals surface area contributed by atoms with Crippen molar-refractivity contribution in [1.29, 1.82) is 0 Å². The Morgan fingerprint density at radius 1 is 1.33 bits per heavy atom. The predicted octanol–water partition coefficient (Wildman–Crippen LogP) is 2.85. The number of hydrogen-bond acceptors (Lipinski definition) is 3. The monoisotopic (exact) mass is 241 g/mol. The first kappa shape index (κ1) is 11.6. The molecule has 2 aromatic rings. The van der Waals surface area contributed by atoms with E-state index in [4.69, 9.17) is 10.8 Å². The molecule has 3 nitrogen and oxygen atoms in total. The molecule has 1 atom stereocenters. The second-order valence-corrected chi connectivity index (χ2v) is 5.22. The smallest absolute Gasteiger partial charge is 0.0708 e. The normalized spacial score (nSPS) is 17.7. The first-order chi connectivity index (χ1) is 8.79. The van der Waals surface area contributed by atoms with Gasteiger partial charge in [0.15, 0.2) is 0 Å². The van der Waals surface area contributed by atoms with E-state index in [0.29, 0.717) is 5.92 Å². The van der Waals surface area contributed by atoms with Crippen molar-refractivity contribution in [2.75, 3.05) is 0 Å². The topological polar surface area (TPSA) is 50.9 Å². The highest BCUT2D eigenvalue weighted by molar-refractivity contribution is 5.82. The van der Waals surface area contributed by atoms with Crippen LogP contribution in [0.3, 0.4) is 0 Å². The Labute approximate surface area is 107 Å². The fourth-order valence-electron chi connectivity index (χ4n) is 2.77. The van der Waals surface area contributed by atoms with Gasteiger partial charge in [-0.1, -0.05) is 24.6 Å². The Morgan fingerprint density at radius 2 is 2.11 bits per heavy atom. The molecule has 0 radical (unpaired) electrons. The number of para-hydroxylation sites is 1. The lowest BCUT2D eigenvalue weighted by molar-refractivity contribution is 0.229. The van der Waals surface area contributed by atoms with Crippen LogP contribution >= 0.6 is 0 Å². The van der Waals surface area contributed by atoms with Gasteiger partial charge in [-0.3, -0.25) is 16.3 Å². The second-order valence-electron chi connectivity index (χ2n) is 5.22. The fraction of sp³-hybridized carbons (Fsp3) is 0.400. The summed E-state index contributed by atoms with van der Waals surface area (Å²) in [5.74, 6) is 6.36. The van der Waals surface area contributed by atoms with Crippen LogP contribution < -0.4 is 11.3 Å². The molecular weight excluding hydrogens is 222 g/mol. The van der Waals surface area contributed by atoms with Gasteiger partial charge in [0, 0.05) is 5.39 Å². The van der Waals surface area contributed by atoms with Crippen molar-refractivity contribution in [3.8, 4) is 0 Å². The molecule has 0 amide bonds. The van der Waals surface area contributed by atoms with E-state index in [0.717, 1.165) is 11.2 Å². The lowest BCUT2D eigenvalue weighted by Gasteiger charge is -2.33. The van der Waals surface area contributed by atoms with E-state index in [2.05, 4.69) is 36.6 Å². The zero-order chi connectivity index (χ0) is 12.5. The Hall–Kier alpha value is -1.45. The van der Waals surface area contributed by atoms with E-state index in [1.807, 2.05) is 6.07 Å². The largest absolute Gasteiger partial charge is 0.271 e. The highest BCUT2D eigenvalue weighted by Gasteiger charge is 2.28. The summed E-state index contributed by atoms with van der Waals surface area (Å²) in [6.07, 6.45) is 3.82. The van der Waals surface area contributed by atoms with Gasteiger partial charge < -0.3 is 0 Å². The van der Waals surface area contributed by atoms with E-state index in [1.165, 1.54) is 30.2 Å².